The quantitative estimate of drug-likeness (QED) is 0.0598. The molecule has 0 saturated carbocycles. The summed E-state index contributed by atoms with van der Waals surface area (Å²) in [6.45, 7) is 13.6. The molecule has 0 radical (unpaired) electrons. The Morgan fingerprint density at radius 2 is 1.13 bits per heavy atom. The summed E-state index contributed by atoms with van der Waals surface area (Å²) in [7, 11) is 3.50. The van der Waals surface area contributed by atoms with Crippen molar-refractivity contribution in [3.05, 3.63) is 205 Å². The third-order valence-corrected chi connectivity index (χ3v) is 17.7. The number of ether oxygens (including phenoxy) is 10. The van der Waals surface area contributed by atoms with Gasteiger partial charge >= 0.3 is 5.69 Å². The molecule has 540 valence electrons. The molecule has 14 rings (SSSR count). The Labute approximate surface area is 598 Å². The summed E-state index contributed by atoms with van der Waals surface area (Å²) >= 11 is 6.65. The molecule has 4 aliphatic rings. The van der Waals surface area contributed by atoms with Gasteiger partial charge < -0.3 is 72.4 Å². The second-order valence-electron chi connectivity index (χ2n) is 24.5. The zero-order valence-electron chi connectivity index (χ0n) is 56.9. The van der Waals surface area contributed by atoms with Gasteiger partial charge in [0.15, 0.2) is 34.6 Å². The molecule has 6 aromatic carbocycles. The van der Waals surface area contributed by atoms with E-state index >= 15 is 4.39 Å². The van der Waals surface area contributed by atoms with Crippen molar-refractivity contribution in [2.24, 2.45) is 7.05 Å². The Balaban J connectivity index is 0.000000185. The van der Waals surface area contributed by atoms with Gasteiger partial charge in [0.25, 0.3) is 22.9 Å². The van der Waals surface area contributed by atoms with Gasteiger partial charge in [-0.05, 0) is 118 Å². The normalized spacial score (nSPS) is 14.5. The van der Waals surface area contributed by atoms with Crippen LogP contribution < -0.4 is 70.1 Å². The molecule has 0 aliphatic carbocycles. The number of hydrogen-bond acceptors (Lipinski definition) is 20. The van der Waals surface area contributed by atoms with Crippen molar-refractivity contribution in [1.82, 2.24) is 38.4 Å². The van der Waals surface area contributed by atoms with Gasteiger partial charge in [-0.25, -0.2) is 22.5 Å². The van der Waals surface area contributed by atoms with E-state index in [0.29, 0.717) is 107 Å². The number of nitrogens with one attached hydrogen (secondary N) is 2. The topological polar surface area (TPSA) is 252 Å². The average molecular weight is 1450 g/mol. The summed E-state index contributed by atoms with van der Waals surface area (Å²) in [6.07, 6.45) is 7.39. The fourth-order valence-electron chi connectivity index (χ4n) is 12.2. The molecule has 2 amide bonds. The van der Waals surface area contributed by atoms with Gasteiger partial charge in [-0.3, -0.25) is 38.6 Å². The zero-order chi connectivity index (χ0) is 72.4. The highest BCUT2D eigenvalue weighted by Crippen LogP contribution is 2.50. The van der Waals surface area contributed by atoms with Crippen LogP contribution in [-0.4, -0.2) is 169 Å². The number of pyridine rings is 3. The number of aromatic nitrogens is 5. The molecule has 4 aromatic heterocycles. The van der Waals surface area contributed by atoms with E-state index in [4.69, 9.17) is 59.0 Å². The first kappa shape index (κ1) is 71.2. The number of halogens is 4. The molecule has 4 aliphatic heterocycles. The number of amides is 2. The molecule has 0 spiro atoms. The van der Waals surface area contributed by atoms with Crippen LogP contribution in [0.25, 0.3) is 33.2 Å². The summed E-state index contributed by atoms with van der Waals surface area (Å²) in [5.74, 6) is 0.415. The van der Waals surface area contributed by atoms with Gasteiger partial charge in [0, 0.05) is 120 Å². The summed E-state index contributed by atoms with van der Waals surface area (Å²) in [5, 5.41) is 6.45. The number of likely N-dealkylation sites (N-methyl/N-ethyl adjacent to an activating group) is 1. The molecular formula is C75H72ClF3N10O15. The number of carbonyl (C=O) groups excluding carboxylic acids is 2. The number of rotatable bonds is 22. The molecule has 10 aromatic rings. The van der Waals surface area contributed by atoms with E-state index in [1.54, 1.807) is 49.5 Å². The predicted octanol–water partition coefficient (Wildman–Crippen LogP) is 10.7. The molecule has 2 fully saturated rings. The third kappa shape index (κ3) is 16.2. The molecule has 25 nitrogen and oxygen atoms in total. The van der Waals surface area contributed by atoms with Gasteiger partial charge in [0.05, 0.1) is 71.2 Å². The number of nitrogens with zero attached hydrogens (tertiary/aromatic N) is 8. The molecular weight excluding hydrogens is 1370 g/mol. The van der Waals surface area contributed by atoms with E-state index in [0.717, 1.165) is 112 Å². The van der Waals surface area contributed by atoms with Crippen LogP contribution >= 0.6 is 11.6 Å². The van der Waals surface area contributed by atoms with Crippen LogP contribution in [0.5, 0.6) is 63.2 Å². The molecule has 2 saturated heterocycles. The van der Waals surface area contributed by atoms with Crippen LogP contribution in [0.15, 0.2) is 154 Å². The van der Waals surface area contributed by atoms with Crippen molar-refractivity contribution in [3.63, 3.8) is 0 Å². The zero-order valence-corrected chi connectivity index (χ0v) is 57.7. The summed E-state index contributed by atoms with van der Waals surface area (Å²) in [5.41, 5.74) is -1.10. The van der Waals surface area contributed by atoms with E-state index in [2.05, 4.69) is 42.3 Å². The second-order valence-corrected chi connectivity index (χ2v) is 24.9. The van der Waals surface area contributed by atoms with Crippen LogP contribution in [0, 0.1) is 17.5 Å². The largest absolute Gasteiger partial charge is 0.493 e. The molecule has 29 heteroatoms. The molecule has 0 unspecified atom stereocenters. The van der Waals surface area contributed by atoms with Gasteiger partial charge in [-0.1, -0.05) is 11.6 Å². The second kappa shape index (κ2) is 32.4. The van der Waals surface area contributed by atoms with E-state index < -0.39 is 46.1 Å². The van der Waals surface area contributed by atoms with E-state index in [1.165, 1.54) is 78.6 Å². The highest BCUT2D eigenvalue weighted by molar-refractivity contribution is 6.34. The van der Waals surface area contributed by atoms with Crippen LogP contribution in [0.3, 0.4) is 0 Å². The first-order valence-corrected chi connectivity index (χ1v) is 34.1. The standard InChI is InChI=1S/C38H36ClFN4O8.C37H36F2N6O7/c1-2-48-30-11-14-44(25-6-4-24(40)5-7-25)38(46)34(30)37(45)42-28-9-8-26(22-27(28)39)52-31-10-12-41-29-23-32(35-36(33(29)31)51-21-20-50-35)49-17-3-13-43-15-18-47-19-16-43;1-42-13-15-44(16-14-42)12-3-17-49-31-21-28-32(34-33(31)50-18-19-51-34)30(10-11-40-28)52-29-9-6-24(20-27(29)39)41-35(46)26-22-43(2)37(48)45(36(26)47)25-7-4-23(38)5-8-25/h4-12,14,22-23H,2-3,13,15-21H2,1H3,(H,42,45);4-11,20-22H,3,12-19H2,1-2H3,(H,41,46). The Kier molecular flexibility index (Phi) is 22.2. The molecule has 0 atom stereocenters. The Morgan fingerprint density at radius 1 is 0.558 bits per heavy atom. The lowest BCUT2D eigenvalue weighted by Crippen LogP contribution is -2.44. The van der Waals surface area contributed by atoms with Crippen LogP contribution in [0.1, 0.15) is 40.5 Å². The highest BCUT2D eigenvalue weighted by atomic mass is 35.5. The number of fused-ring (bicyclic) bond motifs is 6. The van der Waals surface area contributed by atoms with Crippen LogP contribution in [-0.2, 0) is 11.8 Å². The number of hydrogen-bond donors (Lipinski definition) is 2. The molecule has 104 heavy (non-hydrogen) atoms. The first-order valence-electron chi connectivity index (χ1n) is 33.8. The number of benzene rings is 6. The van der Waals surface area contributed by atoms with Crippen LogP contribution in [0.4, 0.5) is 24.5 Å². The van der Waals surface area contributed by atoms with Crippen molar-refractivity contribution < 1.29 is 70.1 Å². The first-order chi connectivity index (χ1) is 50.5. The van der Waals surface area contributed by atoms with Gasteiger partial charge in [0.2, 0.25) is 11.5 Å². The van der Waals surface area contributed by atoms with E-state index in [9.17, 15) is 32.8 Å². The number of aryl methyl sites for hydroxylation is 1. The SMILES string of the molecule is CCOc1ccn(-c2ccc(F)cc2)c(=O)c1C(=O)Nc1ccc(Oc2ccnc3cc(OCCCN4CCOCC4)c4c(c23)OCCO4)cc1Cl.CN1CCN(CCCOc2cc3nccc(Oc4ccc(NC(=O)c5cn(C)c(=O)n(-c6ccc(F)cc6)c5=O)cc4F)c3c3c2OCCO3)CC1. The maximum Gasteiger partial charge on any atom is 0.335 e. The average Bonchev–Trinajstić information content (AvgIpc) is 0.764. The minimum atomic E-state index is -0.925. The van der Waals surface area contributed by atoms with E-state index in [1.807, 2.05) is 6.07 Å². The molecule has 8 heterocycles. The van der Waals surface area contributed by atoms with Crippen LogP contribution in [0.2, 0.25) is 5.02 Å². The lowest BCUT2D eigenvalue weighted by atomic mass is 10.1. The summed E-state index contributed by atoms with van der Waals surface area (Å²) in [6, 6.07) is 26.9. The monoisotopic (exact) mass is 1440 g/mol. The maximum absolute atomic E-state index is 15.5. The van der Waals surface area contributed by atoms with Crippen molar-refractivity contribution >= 4 is 56.6 Å². The number of piperazine rings is 1. The Bertz CT molecular complexity index is 5010. The smallest absolute Gasteiger partial charge is 0.335 e. The number of carbonyl (C=O) groups is 2. The van der Waals surface area contributed by atoms with Gasteiger partial charge in [0.1, 0.15) is 72.2 Å². The highest BCUT2D eigenvalue weighted by Gasteiger charge is 2.29. The maximum atomic E-state index is 15.5. The van der Waals surface area contributed by atoms with Crippen molar-refractivity contribution in [1.29, 1.82) is 0 Å². The summed E-state index contributed by atoms with van der Waals surface area (Å²) < 4.78 is 105. The van der Waals surface area contributed by atoms with E-state index in [-0.39, 0.29) is 63.7 Å². The number of morpholine rings is 1. The lowest BCUT2D eigenvalue weighted by Gasteiger charge is -2.32. The van der Waals surface area contributed by atoms with Crippen molar-refractivity contribution in [3.8, 4) is 74.6 Å². The van der Waals surface area contributed by atoms with Crippen molar-refractivity contribution in [2.45, 2.75) is 19.8 Å². The van der Waals surface area contributed by atoms with Gasteiger partial charge in [-0.2, -0.15) is 0 Å². The minimum Gasteiger partial charge on any atom is -0.493 e. The summed E-state index contributed by atoms with van der Waals surface area (Å²) in [4.78, 5) is 82.4. The van der Waals surface area contributed by atoms with Gasteiger partial charge in [-0.15, -0.1) is 0 Å². The lowest BCUT2D eigenvalue weighted by molar-refractivity contribution is 0.0357. The minimum absolute atomic E-state index is 0.0274. The molecule has 0 bridgehead atoms. The fourth-order valence-corrected chi connectivity index (χ4v) is 12.4. The third-order valence-electron chi connectivity index (χ3n) is 17.4. The Hall–Kier alpha value is -11.2. The predicted molar refractivity (Wildman–Crippen MR) is 381 cm³/mol. The Morgan fingerprint density at radius 3 is 1.72 bits per heavy atom. The number of anilines is 2. The fraction of sp³-hybridized carbons (Fsp3) is 0.293. The van der Waals surface area contributed by atoms with Crippen molar-refractivity contribution in [2.75, 3.05) is 130 Å². The molecule has 2 N–H and O–H groups in total.